The Morgan fingerprint density at radius 1 is 1.08 bits per heavy atom. The number of thiazole rings is 1. The van der Waals surface area contributed by atoms with Gasteiger partial charge in [-0.1, -0.05) is 30.0 Å². The minimum Gasteiger partial charge on any atom is -0.332 e. The maximum absolute atomic E-state index is 14.8. The molecule has 5 rings (SSSR count). The van der Waals surface area contributed by atoms with Crippen molar-refractivity contribution in [1.82, 2.24) is 34.6 Å². The second kappa shape index (κ2) is 12.4. The molecule has 0 aliphatic carbocycles. The Balaban J connectivity index is 1.36. The minimum atomic E-state index is -0.405. The van der Waals surface area contributed by atoms with Crippen molar-refractivity contribution in [2.75, 3.05) is 6.54 Å². The van der Waals surface area contributed by atoms with Crippen LogP contribution in [0.2, 0.25) is 0 Å². The van der Waals surface area contributed by atoms with Crippen molar-refractivity contribution in [3.63, 3.8) is 0 Å². The van der Waals surface area contributed by atoms with Crippen molar-refractivity contribution in [2.45, 2.75) is 23.9 Å². The monoisotopic (exact) mass is 556 g/mol. The van der Waals surface area contributed by atoms with Crippen molar-refractivity contribution in [3.05, 3.63) is 101 Å². The molecule has 1 amide bonds. The Bertz CT molecular complexity index is 1600. The molecule has 0 bridgehead atoms. The number of aromatic nitrogens is 6. The summed E-state index contributed by atoms with van der Waals surface area (Å²) in [6.45, 7) is 0.619. The summed E-state index contributed by atoms with van der Waals surface area (Å²) in [5.41, 5.74) is 2.20. The molecule has 9 nitrogen and oxygen atoms in total. The molecule has 0 N–H and O–H groups in total. The Hall–Kier alpha value is -4.47. The molecule has 0 aliphatic heterocycles. The fourth-order valence-electron chi connectivity index (χ4n) is 3.81. The molecule has 0 saturated heterocycles. The first-order chi connectivity index (χ1) is 19.1. The van der Waals surface area contributed by atoms with Gasteiger partial charge in [-0.3, -0.25) is 19.3 Å². The van der Waals surface area contributed by atoms with Crippen LogP contribution < -0.4 is 0 Å². The average Bonchev–Trinajstić information content (AvgIpc) is 3.62. The Morgan fingerprint density at radius 2 is 1.90 bits per heavy atom. The third-order valence-corrected chi connectivity index (χ3v) is 7.59. The van der Waals surface area contributed by atoms with E-state index in [9.17, 15) is 9.18 Å². The standard InChI is InChI=1S/C27H21FN8OS2/c28-21-8-1-2-9-23(21)36-25(20-7-4-12-31-15-20)33-34-27(36)39-18-24-32-22(17-38-24)26(37)35(13-5-10-29)16-19-6-3-11-30-14-19/h1-4,6-9,11-12,14-15,17H,5,13,16,18H2. The zero-order valence-electron chi connectivity index (χ0n) is 20.5. The molecule has 0 radical (unpaired) electrons. The van der Waals surface area contributed by atoms with Crippen LogP contribution in [-0.2, 0) is 12.3 Å². The van der Waals surface area contributed by atoms with Gasteiger partial charge in [-0.25, -0.2) is 9.37 Å². The van der Waals surface area contributed by atoms with E-state index in [1.807, 2.05) is 12.1 Å². The van der Waals surface area contributed by atoms with E-state index >= 15 is 0 Å². The normalized spacial score (nSPS) is 10.8. The van der Waals surface area contributed by atoms with Crippen LogP contribution in [0, 0.1) is 17.1 Å². The molecule has 0 unspecified atom stereocenters. The van der Waals surface area contributed by atoms with Crippen molar-refractivity contribution < 1.29 is 9.18 Å². The number of para-hydroxylation sites is 1. The fraction of sp³-hybridized carbons (Fsp3) is 0.148. The number of hydrogen-bond acceptors (Lipinski definition) is 9. The second-order valence-corrected chi connectivity index (χ2v) is 10.1. The largest absolute Gasteiger partial charge is 0.332 e. The molecular weight excluding hydrogens is 535 g/mol. The zero-order chi connectivity index (χ0) is 27.0. The van der Waals surface area contributed by atoms with E-state index in [4.69, 9.17) is 5.26 Å². The lowest BCUT2D eigenvalue weighted by Gasteiger charge is -2.20. The maximum atomic E-state index is 14.8. The third kappa shape index (κ3) is 6.17. The van der Waals surface area contributed by atoms with Gasteiger partial charge in [0, 0.05) is 48.8 Å². The molecule has 4 aromatic heterocycles. The highest BCUT2D eigenvalue weighted by Gasteiger charge is 2.21. The summed E-state index contributed by atoms with van der Waals surface area (Å²) >= 11 is 2.70. The highest BCUT2D eigenvalue weighted by Crippen LogP contribution is 2.31. The van der Waals surface area contributed by atoms with Crippen molar-refractivity contribution in [3.8, 4) is 23.1 Å². The van der Waals surface area contributed by atoms with Gasteiger partial charge in [0.1, 0.15) is 16.5 Å². The van der Waals surface area contributed by atoms with Crippen LogP contribution in [0.5, 0.6) is 0 Å². The first kappa shape index (κ1) is 26.1. The fourth-order valence-corrected chi connectivity index (χ4v) is 5.54. The summed E-state index contributed by atoms with van der Waals surface area (Å²) in [5, 5.41) is 20.6. The van der Waals surface area contributed by atoms with Crippen LogP contribution in [0.4, 0.5) is 4.39 Å². The highest BCUT2D eigenvalue weighted by atomic mass is 32.2. The van der Waals surface area contributed by atoms with Crippen LogP contribution in [0.3, 0.4) is 0 Å². The van der Waals surface area contributed by atoms with Crippen molar-refractivity contribution in [2.24, 2.45) is 0 Å². The molecule has 0 fully saturated rings. The number of pyridine rings is 2. The summed E-state index contributed by atoms with van der Waals surface area (Å²) in [6, 6.07) is 15.8. The summed E-state index contributed by atoms with van der Waals surface area (Å²) in [4.78, 5) is 27.6. The Labute approximate surface area is 232 Å². The van der Waals surface area contributed by atoms with E-state index in [-0.39, 0.29) is 18.9 Å². The quantitative estimate of drug-likeness (QED) is 0.217. The average molecular weight is 557 g/mol. The smallest absolute Gasteiger partial charge is 0.273 e. The van der Waals surface area contributed by atoms with E-state index in [0.717, 1.165) is 5.56 Å². The van der Waals surface area contributed by atoms with E-state index in [1.54, 1.807) is 70.0 Å². The van der Waals surface area contributed by atoms with Gasteiger partial charge in [-0.15, -0.1) is 21.5 Å². The SMILES string of the molecule is N#CCCN(Cc1cccnc1)C(=O)c1csc(CSc2nnc(-c3cccnc3)n2-c2ccccc2F)n1. The number of benzene rings is 1. The van der Waals surface area contributed by atoms with Crippen LogP contribution in [0.1, 0.15) is 27.5 Å². The molecule has 5 aromatic rings. The lowest BCUT2D eigenvalue weighted by atomic mass is 10.2. The number of hydrogen-bond donors (Lipinski definition) is 0. The number of amides is 1. The van der Waals surface area contributed by atoms with E-state index < -0.39 is 5.82 Å². The molecular formula is C27H21FN8OS2. The molecule has 1 aromatic carbocycles. The van der Waals surface area contributed by atoms with Gasteiger partial charge in [0.15, 0.2) is 11.0 Å². The molecule has 12 heteroatoms. The van der Waals surface area contributed by atoms with Gasteiger partial charge >= 0.3 is 0 Å². The van der Waals surface area contributed by atoms with Crippen LogP contribution in [0.25, 0.3) is 17.1 Å². The van der Waals surface area contributed by atoms with Crippen LogP contribution in [-0.4, -0.2) is 47.1 Å². The predicted molar refractivity (Wildman–Crippen MR) is 145 cm³/mol. The predicted octanol–water partition coefficient (Wildman–Crippen LogP) is 5.17. The molecule has 0 saturated carbocycles. The second-order valence-electron chi connectivity index (χ2n) is 8.25. The number of nitriles is 1. The van der Waals surface area contributed by atoms with Gasteiger partial charge in [0.05, 0.1) is 23.9 Å². The molecule has 0 aliphatic rings. The molecule has 39 heavy (non-hydrogen) atoms. The van der Waals surface area contributed by atoms with Gasteiger partial charge in [-0.2, -0.15) is 5.26 Å². The Morgan fingerprint density at radius 3 is 2.64 bits per heavy atom. The topological polar surface area (TPSA) is 113 Å². The zero-order valence-corrected chi connectivity index (χ0v) is 22.1. The lowest BCUT2D eigenvalue weighted by molar-refractivity contribution is 0.0741. The van der Waals surface area contributed by atoms with Gasteiger partial charge < -0.3 is 4.90 Å². The van der Waals surface area contributed by atoms with Crippen LogP contribution >= 0.6 is 23.1 Å². The van der Waals surface area contributed by atoms with Crippen molar-refractivity contribution >= 4 is 29.0 Å². The summed E-state index contributed by atoms with van der Waals surface area (Å²) in [6.07, 6.45) is 6.88. The van der Waals surface area contributed by atoms with Gasteiger partial charge in [0.25, 0.3) is 5.91 Å². The number of nitrogens with zero attached hydrogens (tertiary/aromatic N) is 8. The van der Waals surface area contributed by atoms with E-state index in [2.05, 4.69) is 31.2 Å². The number of carbonyl (C=O) groups excluding carboxylic acids is 1. The number of halogens is 1. The maximum Gasteiger partial charge on any atom is 0.273 e. The summed E-state index contributed by atoms with van der Waals surface area (Å²) < 4.78 is 16.5. The highest BCUT2D eigenvalue weighted by molar-refractivity contribution is 7.98. The first-order valence-electron chi connectivity index (χ1n) is 11.9. The number of carbonyl (C=O) groups is 1. The molecule has 0 atom stereocenters. The minimum absolute atomic E-state index is 0.212. The summed E-state index contributed by atoms with van der Waals surface area (Å²) in [7, 11) is 0. The van der Waals surface area contributed by atoms with E-state index in [1.165, 1.54) is 29.2 Å². The first-order valence-corrected chi connectivity index (χ1v) is 13.7. The number of rotatable bonds is 10. The van der Waals surface area contributed by atoms with Gasteiger partial charge in [0.2, 0.25) is 0 Å². The third-order valence-electron chi connectivity index (χ3n) is 5.62. The van der Waals surface area contributed by atoms with Crippen LogP contribution in [0.15, 0.2) is 83.9 Å². The Kier molecular flexibility index (Phi) is 8.30. The summed E-state index contributed by atoms with van der Waals surface area (Å²) in [5.74, 6) is 0.208. The molecule has 0 spiro atoms. The van der Waals surface area contributed by atoms with E-state index in [0.29, 0.717) is 45.2 Å². The molecule has 4 heterocycles. The lowest BCUT2D eigenvalue weighted by Crippen LogP contribution is -2.31. The number of thioether (sulfide) groups is 1. The van der Waals surface area contributed by atoms with Crippen molar-refractivity contribution in [1.29, 1.82) is 5.26 Å². The van der Waals surface area contributed by atoms with Gasteiger partial charge in [-0.05, 0) is 35.9 Å². The molecule has 194 valence electrons.